The van der Waals surface area contributed by atoms with Gasteiger partial charge in [0, 0.05) is 15.8 Å². The van der Waals surface area contributed by atoms with Gasteiger partial charge in [0.1, 0.15) is 0 Å². The van der Waals surface area contributed by atoms with E-state index in [0.29, 0.717) is 6.42 Å². The van der Waals surface area contributed by atoms with Gasteiger partial charge in [-0.3, -0.25) is 4.79 Å². The fraction of sp³-hybridized carbons (Fsp3) is 0.286. The third-order valence-electron chi connectivity index (χ3n) is 1.46. The van der Waals surface area contributed by atoms with Crippen molar-refractivity contribution in [3.05, 3.63) is 20.8 Å². The average molecular weight is 249 g/mol. The summed E-state index contributed by atoms with van der Waals surface area (Å²) >= 11 is 4.91. The molecule has 4 N–H and O–H groups in total. The minimum Gasteiger partial charge on any atom is -0.368 e. The van der Waals surface area contributed by atoms with E-state index >= 15 is 0 Å². The second-order valence-corrected chi connectivity index (χ2v) is 4.26. The average Bonchev–Trinajstić information content (AvgIpc) is 2.36. The van der Waals surface area contributed by atoms with Crippen molar-refractivity contribution < 1.29 is 4.79 Å². The molecule has 0 aliphatic carbocycles. The van der Waals surface area contributed by atoms with Crippen LogP contribution in [0.1, 0.15) is 4.88 Å². The lowest BCUT2D eigenvalue weighted by Gasteiger charge is -2.04. The van der Waals surface area contributed by atoms with E-state index in [0.717, 1.165) is 9.35 Å². The number of rotatable bonds is 3. The van der Waals surface area contributed by atoms with Crippen LogP contribution in [0.15, 0.2) is 15.9 Å². The smallest absolute Gasteiger partial charge is 0.234 e. The molecule has 3 nitrogen and oxygen atoms in total. The summed E-state index contributed by atoms with van der Waals surface area (Å²) in [4.78, 5) is 11.7. The normalized spacial score (nSPS) is 12.8. The monoisotopic (exact) mass is 248 g/mol. The van der Waals surface area contributed by atoms with E-state index in [-0.39, 0.29) is 0 Å². The third-order valence-corrected chi connectivity index (χ3v) is 3.41. The zero-order chi connectivity index (χ0) is 9.14. The number of thiophene rings is 1. The maximum Gasteiger partial charge on any atom is 0.234 e. The number of hydrogen-bond donors (Lipinski definition) is 2. The molecule has 1 aromatic rings. The third kappa shape index (κ3) is 2.30. The van der Waals surface area contributed by atoms with Crippen LogP contribution >= 0.6 is 27.3 Å². The molecule has 0 bridgehead atoms. The van der Waals surface area contributed by atoms with Crippen LogP contribution in [0, 0.1) is 0 Å². The summed E-state index contributed by atoms with van der Waals surface area (Å²) in [6.07, 6.45) is 0.508. The molecule has 66 valence electrons. The van der Waals surface area contributed by atoms with Crippen LogP contribution in [0.25, 0.3) is 0 Å². The lowest BCUT2D eigenvalue weighted by molar-refractivity contribution is -0.119. The number of carbonyl (C=O) groups is 1. The lowest BCUT2D eigenvalue weighted by Crippen LogP contribution is -2.37. The fourth-order valence-corrected chi connectivity index (χ4v) is 2.35. The first-order valence-corrected chi connectivity index (χ1v) is 5.05. The van der Waals surface area contributed by atoms with Gasteiger partial charge in [0.15, 0.2) is 0 Å². The van der Waals surface area contributed by atoms with Gasteiger partial charge in [0.2, 0.25) is 5.91 Å². The number of halogens is 1. The molecule has 5 heteroatoms. The van der Waals surface area contributed by atoms with Crippen LogP contribution in [0.3, 0.4) is 0 Å². The zero-order valence-corrected chi connectivity index (χ0v) is 8.69. The van der Waals surface area contributed by atoms with Gasteiger partial charge in [-0.05, 0) is 27.4 Å². The number of amides is 1. The Morgan fingerprint density at radius 1 is 1.75 bits per heavy atom. The second-order valence-electron chi connectivity index (χ2n) is 2.40. The van der Waals surface area contributed by atoms with Crippen molar-refractivity contribution in [3.63, 3.8) is 0 Å². The summed E-state index contributed by atoms with van der Waals surface area (Å²) in [5.41, 5.74) is 10.5. The van der Waals surface area contributed by atoms with Gasteiger partial charge < -0.3 is 11.5 Å². The summed E-state index contributed by atoms with van der Waals surface area (Å²) in [6.45, 7) is 0. The first-order chi connectivity index (χ1) is 5.61. The van der Waals surface area contributed by atoms with E-state index in [1.165, 1.54) is 0 Å². The number of primary amides is 1. The molecule has 0 aliphatic heterocycles. The fourth-order valence-electron chi connectivity index (χ4n) is 0.771. The van der Waals surface area contributed by atoms with E-state index in [4.69, 9.17) is 11.5 Å². The molecule has 0 fully saturated rings. The second kappa shape index (κ2) is 4.02. The summed E-state index contributed by atoms with van der Waals surface area (Å²) in [7, 11) is 0. The molecule has 0 aromatic carbocycles. The standard InChI is InChI=1S/C7H9BrN2OS/c8-4-1-2-12-6(4)3-5(9)7(10)11/h1-2,5H,3,9H2,(H2,10,11). The molecule has 0 saturated carbocycles. The maximum absolute atomic E-state index is 10.6. The van der Waals surface area contributed by atoms with E-state index in [2.05, 4.69) is 15.9 Å². The van der Waals surface area contributed by atoms with E-state index in [1.54, 1.807) is 11.3 Å². The van der Waals surface area contributed by atoms with Crippen molar-refractivity contribution in [3.8, 4) is 0 Å². The highest BCUT2D eigenvalue weighted by Crippen LogP contribution is 2.23. The Morgan fingerprint density at radius 2 is 2.42 bits per heavy atom. The molecule has 1 amide bonds. The number of nitrogens with two attached hydrogens (primary N) is 2. The number of hydrogen-bond acceptors (Lipinski definition) is 3. The van der Waals surface area contributed by atoms with Crippen LogP contribution in [-0.4, -0.2) is 11.9 Å². The number of carbonyl (C=O) groups excluding carboxylic acids is 1. The van der Waals surface area contributed by atoms with Crippen LogP contribution in [0.5, 0.6) is 0 Å². The molecule has 12 heavy (non-hydrogen) atoms. The molecule has 0 aliphatic rings. The van der Waals surface area contributed by atoms with Gasteiger partial charge in [0.25, 0.3) is 0 Å². The highest BCUT2D eigenvalue weighted by Gasteiger charge is 2.12. The van der Waals surface area contributed by atoms with Gasteiger partial charge in [-0.15, -0.1) is 11.3 Å². The van der Waals surface area contributed by atoms with Crippen LogP contribution < -0.4 is 11.5 Å². The first kappa shape index (κ1) is 9.70. The highest BCUT2D eigenvalue weighted by atomic mass is 79.9. The Bertz CT molecular complexity index is 287. The van der Waals surface area contributed by atoms with Gasteiger partial charge in [-0.1, -0.05) is 0 Å². The molecule has 0 saturated heterocycles. The molecule has 0 radical (unpaired) electrons. The molecule has 1 unspecified atom stereocenters. The SMILES string of the molecule is NC(=O)C(N)Cc1sccc1Br. The zero-order valence-electron chi connectivity index (χ0n) is 6.29. The van der Waals surface area contributed by atoms with Gasteiger partial charge in [-0.25, -0.2) is 0 Å². The molecular formula is C7H9BrN2OS. The predicted molar refractivity (Wildman–Crippen MR) is 52.9 cm³/mol. The van der Waals surface area contributed by atoms with Crippen molar-refractivity contribution in [2.45, 2.75) is 12.5 Å². The van der Waals surface area contributed by atoms with Crippen molar-refractivity contribution in [1.82, 2.24) is 0 Å². The van der Waals surface area contributed by atoms with Crippen LogP contribution in [0.2, 0.25) is 0 Å². The van der Waals surface area contributed by atoms with Crippen LogP contribution in [-0.2, 0) is 11.2 Å². The molecule has 1 atom stereocenters. The van der Waals surface area contributed by atoms with Crippen molar-refractivity contribution in [2.75, 3.05) is 0 Å². The molecule has 0 spiro atoms. The van der Waals surface area contributed by atoms with Crippen molar-refractivity contribution >= 4 is 33.2 Å². The van der Waals surface area contributed by atoms with E-state index < -0.39 is 11.9 Å². The minimum absolute atomic E-state index is 0.463. The van der Waals surface area contributed by atoms with E-state index in [1.807, 2.05) is 11.4 Å². The molecule has 1 aromatic heterocycles. The lowest BCUT2D eigenvalue weighted by atomic mass is 10.2. The minimum atomic E-state index is -0.583. The largest absolute Gasteiger partial charge is 0.368 e. The molecule has 1 heterocycles. The van der Waals surface area contributed by atoms with Crippen molar-refractivity contribution in [2.24, 2.45) is 11.5 Å². The Balaban J connectivity index is 2.64. The molecule has 1 rings (SSSR count). The Labute approximate surface area is 82.9 Å². The quantitative estimate of drug-likeness (QED) is 0.834. The van der Waals surface area contributed by atoms with Gasteiger partial charge in [-0.2, -0.15) is 0 Å². The molecular weight excluding hydrogens is 240 g/mol. The Morgan fingerprint density at radius 3 is 2.83 bits per heavy atom. The summed E-state index contributed by atoms with van der Waals surface area (Å²) in [5.74, 6) is -0.463. The maximum atomic E-state index is 10.6. The summed E-state index contributed by atoms with van der Waals surface area (Å²) in [6, 6.07) is 1.34. The summed E-state index contributed by atoms with van der Waals surface area (Å²) in [5, 5.41) is 1.94. The van der Waals surface area contributed by atoms with Gasteiger partial charge in [0.05, 0.1) is 6.04 Å². The summed E-state index contributed by atoms with van der Waals surface area (Å²) < 4.78 is 0.990. The first-order valence-electron chi connectivity index (χ1n) is 3.38. The van der Waals surface area contributed by atoms with Gasteiger partial charge >= 0.3 is 0 Å². The Hall–Kier alpha value is -0.390. The van der Waals surface area contributed by atoms with E-state index in [9.17, 15) is 4.79 Å². The van der Waals surface area contributed by atoms with Crippen molar-refractivity contribution in [1.29, 1.82) is 0 Å². The Kier molecular flexibility index (Phi) is 3.25. The topological polar surface area (TPSA) is 69.1 Å². The van der Waals surface area contributed by atoms with Crippen LogP contribution in [0.4, 0.5) is 0 Å². The highest BCUT2D eigenvalue weighted by molar-refractivity contribution is 9.10. The predicted octanol–water partition coefficient (Wildman–Crippen LogP) is 0.866.